The Morgan fingerprint density at radius 2 is 2.33 bits per heavy atom. The van der Waals surface area contributed by atoms with Crippen LogP contribution in [0.5, 0.6) is 0 Å². The monoisotopic (exact) mass is 195 g/mol. The fraction of sp³-hybridized carbons (Fsp3) is 0. The highest BCUT2D eigenvalue weighted by molar-refractivity contribution is 7.78. The quantitative estimate of drug-likeness (QED) is 0.518. The van der Waals surface area contributed by atoms with E-state index in [1.807, 2.05) is 6.07 Å². The molecule has 0 aliphatic carbocycles. The van der Waals surface area contributed by atoms with Crippen LogP contribution in [0.4, 0.5) is 5.69 Å². The molecule has 0 heterocycles. The highest BCUT2D eigenvalue weighted by atomic mass is 35.5. The molecule has 0 unspecified atom stereocenters. The van der Waals surface area contributed by atoms with Crippen LogP contribution in [-0.2, 0) is 0 Å². The number of hydrogen-bond donors (Lipinski definition) is 0. The summed E-state index contributed by atoms with van der Waals surface area (Å²) >= 11 is 10.3. The third-order valence-electron chi connectivity index (χ3n) is 1.37. The van der Waals surface area contributed by atoms with Gasteiger partial charge in [0.2, 0.25) is 0 Å². The van der Waals surface area contributed by atoms with Gasteiger partial charge in [-0.25, -0.2) is 0 Å². The maximum absolute atomic E-state index is 5.82. The minimum absolute atomic E-state index is 0.568. The largest absolute Gasteiger partial charge is 0.193 e. The van der Waals surface area contributed by atoms with E-state index in [9.17, 15) is 0 Å². The lowest BCUT2D eigenvalue weighted by Gasteiger charge is -1.97. The zero-order chi connectivity index (χ0) is 8.97. The average molecular weight is 196 g/mol. The van der Waals surface area contributed by atoms with E-state index in [0.717, 1.165) is 5.56 Å². The van der Waals surface area contributed by atoms with Gasteiger partial charge in [-0.15, -0.1) is 0 Å². The summed E-state index contributed by atoms with van der Waals surface area (Å²) in [4.78, 5) is 3.80. The normalized spacial score (nSPS) is 8.75. The first kappa shape index (κ1) is 9.14. The Morgan fingerprint density at radius 3 is 2.92 bits per heavy atom. The van der Waals surface area contributed by atoms with Gasteiger partial charge in [0.15, 0.2) is 0 Å². The molecule has 0 radical (unpaired) electrons. The molecule has 0 saturated carbocycles. The van der Waals surface area contributed by atoms with Crippen LogP contribution >= 0.6 is 23.8 Å². The fourth-order valence-corrected chi connectivity index (χ4v) is 1.05. The maximum atomic E-state index is 5.82. The summed E-state index contributed by atoms with van der Waals surface area (Å²) in [6.45, 7) is 3.63. The second kappa shape index (κ2) is 4.17. The van der Waals surface area contributed by atoms with Gasteiger partial charge in [0.05, 0.1) is 15.9 Å². The van der Waals surface area contributed by atoms with Crippen molar-refractivity contribution in [2.75, 3.05) is 0 Å². The van der Waals surface area contributed by atoms with Gasteiger partial charge in [0.25, 0.3) is 0 Å². The number of halogens is 1. The zero-order valence-corrected chi connectivity index (χ0v) is 7.82. The van der Waals surface area contributed by atoms with E-state index < -0.39 is 0 Å². The number of thiocarbonyl (C=S) groups is 1. The second-order valence-electron chi connectivity index (χ2n) is 2.12. The van der Waals surface area contributed by atoms with Crippen molar-refractivity contribution >= 4 is 40.7 Å². The number of aliphatic imine (C=N–C) groups is 1. The summed E-state index contributed by atoms with van der Waals surface area (Å²) in [5, 5.41) is 2.83. The van der Waals surface area contributed by atoms with Gasteiger partial charge < -0.3 is 0 Å². The molecule has 1 rings (SSSR count). The number of nitrogens with zero attached hydrogens (tertiary/aromatic N) is 1. The molecule has 0 atom stereocenters. The summed E-state index contributed by atoms with van der Waals surface area (Å²) in [7, 11) is 0. The molecule has 0 fully saturated rings. The Balaban J connectivity index is 3.25. The topological polar surface area (TPSA) is 12.4 Å². The molecule has 0 saturated heterocycles. The van der Waals surface area contributed by atoms with E-state index >= 15 is 0 Å². The molecular formula is C9H6ClNS. The Hall–Kier alpha value is -0.950. The predicted octanol–water partition coefficient (Wildman–Crippen LogP) is 3.72. The molecule has 0 bridgehead atoms. The van der Waals surface area contributed by atoms with E-state index in [-0.39, 0.29) is 0 Å². The van der Waals surface area contributed by atoms with Crippen molar-refractivity contribution in [3.63, 3.8) is 0 Å². The third-order valence-corrected chi connectivity index (χ3v) is 1.78. The minimum atomic E-state index is 0.568. The first-order valence-corrected chi connectivity index (χ1v) is 4.06. The van der Waals surface area contributed by atoms with E-state index in [2.05, 4.69) is 29.0 Å². The molecule has 1 aromatic carbocycles. The summed E-state index contributed by atoms with van der Waals surface area (Å²) in [5.74, 6) is 0. The van der Waals surface area contributed by atoms with Crippen molar-refractivity contribution in [2.24, 2.45) is 4.99 Å². The molecular weight excluding hydrogens is 190 g/mol. The van der Waals surface area contributed by atoms with Gasteiger partial charge in [0.1, 0.15) is 0 Å². The van der Waals surface area contributed by atoms with Crippen molar-refractivity contribution in [2.45, 2.75) is 0 Å². The van der Waals surface area contributed by atoms with Gasteiger partial charge in [-0.1, -0.05) is 30.3 Å². The lowest BCUT2D eigenvalue weighted by molar-refractivity contribution is 1.53. The van der Waals surface area contributed by atoms with Crippen molar-refractivity contribution in [3.8, 4) is 0 Å². The number of benzene rings is 1. The molecule has 0 amide bonds. The van der Waals surface area contributed by atoms with Gasteiger partial charge in [0, 0.05) is 0 Å². The number of hydrogen-bond acceptors (Lipinski definition) is 2. The smallest absolute Gasteiger partial charge is 0.0931 e. The lowest BCUT2D eigenvalue weighted by Crippen LogP contribution is -1.72. The maximum Gasteiger partial charge on any atom is 0.0931 e. The zero-order valence-electron chi connectivity index (χ0n) is 6.25. The molecule has 0 N–H and O–H groups in total. The van der Waals surface area contributed by atoms with Crippen LogP contribution in [0.1, 0.15) is 5.56 Å². The molecule has 0 aliphatic rings. The Bertz CT molecular complexity index is 354. The molecule has 1 aromatic rings. The van der Waals surface area contributed by atoms with Crippen LogP contribution in [0.15, 0.2) is 29.8 Å². The van der Waals surface area contributed by atoms with Crippen LogP contribution in [0.2, 0.25) is 5.02 Å². The van der Waals surface area contributed by atoms with Crippen LogP contribution in [0.3, 0.4) is 0 Å². The summed E-state index contributed by atoms with van der Waals surface area (Å²) < 4.78 is 0. The van der Waals surface area contributed by atoms with E-state index in [4.69, 9.17) is 11.6 Å². The molecule has 12 heavy (non-hydrogen) atoms. The van der Waals surface area contributed by atoms with Gasteiger partial charge >= 0.3 is 0 Å². The SMILES string of the molecule is C=Cc1ccc(Cl)c(N=C=S)c1. The molecule has 60 valence electrons. The third kappa shape index (κ3) is 2.02. The van der Waals surface area contributed by atoms with E-state index in [1.54, 1.807) is 18.2 Å². The molecule has 0 aliphatic heterocycles. The fourth-order valence-electron chi connectivity index (χ4n) is 0.792. The predicted molar refractivity (Wildman–Crippen MR) is 56.2 cm³/mol. The van der Waals surface area contributed by atoms with Crippen molar-refractivity contribution < 1.29 is 0 Å². The van der Waals surface area contributed by atoms with Gasteiger partial charge in [-0.3, -0.25) is 0 Å². The molecule has 3 heteroatoms. The highest BCUT2D eigenvalue weighted by Gasteiger charge is 1.97. The molecule has 1 nitrogen and oxygen atoms in total. The first-order valence-electron chi connectivity index (χ1n) is 3.28. The van der Waals surface area contributed by atoms with Crippen LogP contribution in [0, 0.1) is 0 Å². The summed E-state index contributed by atoms with van der Waals surface area (Å²) in [6.07, 6.45) is 1.72. The van der Waals surface area contributed by atoms with Crippen LogP contribution < -0.4 is 0 Å². The van der Waals surface area contributed by atoms with Gasteiger partial charge in [-0.2, -0.15) is 4.99 Å². The summed E-state index contributed by atoms with van der Waals surface area (Å²) in [5.41, 5.74) is 1.59. The highest BCUT2D eigenvalue weighted by Crippen LogP contribution is 2.25. The number of rotatable bonds is 2. The van der Waals surface area contributed by atoms with E-state index in [0.29, 0.717) is 10.7 Å². The average Bonchev–Trinajstić information content (AvgIpc) is 2.09. The first-order chi connectivity index (χ1) is 5.77. The van der Waals surface area contributed by atoms with Gasteiger partial charge in [-0.05, 0) is 29.9 Å². The molecule has 0 spiro atoms. The van der Waals surface area contributed by atoms with Crippen LogP contribution in [0.25, 0.3) is 6.08 Å². The van der Waals surface area contributed by atoms with E-state index in [1.165, 1.54) is 0 Å². The lowest BCUT2D eigenvalue weighted by atomic mass is 10.2. The van der Waals surface area contributed by atoms with Crippen molar-refractivity contribution in [3.05, 3.63) is 35.4 Å². The Labute approximate surface area is 81.4 Å². The second-order valence-corrected chi connectivity index (χ2v) is 2.71. The van der Waals surface area contributed by atoms with Crippen molar-refractivity contribution in [1.29, 1.82) is 0 Å². The minimum Gasteiger partial charge on any atom is -0.193 e. The van der Waals surface area contributed by atoms with Crippen molar-refractivity contribution in [1.82, 2.24) is 0 Å². The number of isothiocyanates is 1. The molecule has 0 aromatic heterocycles. The standard InChI is InChI=1S/C9H6ClNS/c1-2-7-3-4-8(10)9(5-7)11-6-12/h2-5H,1H2. The Morgan fingerprint density at radius 1 is 1.58 bits per heavy atom. The Kier molecular flexibility index (Phi) is 3.18. The van der Waals surface area contributed by atoms with Crippen LogP contribution in [-0.4, -0.2) is 5.16 Å². The summed E-state index contributed by atoms with van der Waals surface area (Å²) in [6, 6.07) is 5.41.